The summed E-state index contributed by atoms with van der Waals surface area (Å²) in [6, 6.07) is 15.6. The van der Waals surface area contributed by atoms with Crippen LogP contribution in [0.1, 0.15) is 28.6 Å². The number of fused-ring (bicyclic) bond motifs is 1. The van der Waals surface area contributed by atoms with Gasteiger partial charge in [0.05, 0.1) is 18.5 Å². The molecule has 2 aromatic carbocycles. The van der Waals surface area contributed by atoms with Gasteiger partial charge >= 0.3 is 0 Å². The predicted octanol–water partition coefficient (Wildman–Crippen LogP) is 4.67. The zero-order valence-electron chi connectivity index (χ0n) is 15.1. The molecule has 0 atom stereocenters. The van der Waals surface area contributed by atoms with Crippen molar-refractivity contribution in [1.29, 1.82) is 0 Å². The molecule has 0 aliphatic carbocycles. The van der Waals surface area contributed by atoms with E-state index in [4.69, 9.17) is 9.47 Å². The predicted molar refractivity (Wildman–Crippen MR) is 107 cm³/mol. The number of amides is 1. The van der Waals surface area contributed by atoms with Crippen LogP contribution in [0.2, 0.25) is 0 Å². The average molecular weight is 369 g/mol. The summed E-state index contributed by atoms with van der Waals surface area (Å²) < 4.78 is 11.9. The van der Waals surface area contributed by atoms with Gasteiger partial charge in [-0.05, 0) is 47.7 Å². The summed E-state index contributed by atoms with van der Waals surface area (Å²) in [7, 11) is 1.63. The quantitative estimate of drug-likeness (QED) is 0.587. The Kier molecular flexibility index (Phi) is 6.12. The van der Waals surface area contributed by atoms with E-state index >= 15 is 0 Å². The van der Waals surface area contributed by atoms with Crippen LogP contribution in [0.5, 0.6) is 11.5 Å². The van der Waals surface area contributed by atoms with Crippen molar-refractivity contribution in [3.05, 3.63) is 59.0 Å². The third kappa shape index (κ3) is 4.17. The number of thiophene rings is 1. The second-order valence-corrected chi connectivity index (χ2v) is 6.99. The summed E-state index contributed by atoms with van der Waals surface area (Å²) in [6.45, 7) is 3.02. The summed E-state index contributed by atoms with van der Waals surface area (Å²) >= 11 is 1.56. The van der Waals surface area contributed by atoms with Gasteiger partial charge in [0.1, 0.15) is 18.1 Å². The first-order valence-corrected chi connectivity index (χ1v) is 9.60. The van der Waals surface area contributed by atoms with Crippen LogP contribution in [0, 0.1) is 0 Å². The SMILES string of the molecule is CCCc1c(C(=O)NCCOc2ccc(OC)cc2)sc2ccccc12. The lowest BCUT2D eigenvalue weighted by Gasteiger charge is -2.09. The number of hydrogen-bond acceptors (Lipinski definition) is 4. The van der Waals surface area contributed by atoms with Crippen molar-refractivity contribution in [2.24, 2.45) is 0 Å². The van der Waals surface area contributed by atoms with Crippen LogP contribution in [-0.4, -0.2) is 26.2 Å². The van der Waals surface area contributed by atoms with E-state index in [1.807, 2.05) is 36.4 Å². The van der Waals surface area contributed by atoms with Gasteiger partial charge < -0.3 is 14.8 Å². The number of nitrogens with one attached hydrogen (secondary N) is 1. The minimum atomic E-state index is -0.0204. The normalized spacial score (nSPS) is 10.7. The van der Waals surface area contributed by atoms with Crippen LogP contribution in [0.4, 0.5) is 0 Å². The average Bonchev–Trinajstić information content (AvgIpc) is 3.05. The highest BCUT2D eigenvalue weighted by Crippen LogP contribution is 2.32. The molecular weight excluding hydrogens is 346 g/mol. The van der Waals surface area contributed by atoms with Gasteiger partial charge in [0.2, 0.25) is 0 Å². The number of carbonyl (C=O) groups excluding carboxylic acids is 1. The molecule has 1 aromatic heterocycles. The minimum Gasteiger partial charge on any atom is -0.497 e. The summed E-state index contributed by atoms with van der Waals surface area (Å²) in [5, 5.41) is 4.17. The Morgan fingerprint density at radius 2 is 1.81 bits per heavy atom. The number of aryl methyl sites for hydroxylation is 1. The van der Waals surface area contributed by atoms with Crippen LogP contribution >= 0.6 is 11.3 Å². The van der Waals surface area contributed by atoms with Crippen LogP contribution in [0.25, 0.3) is 10.1 Å². The van der Waals surface area contributed by atoms with Gasteiger partial charge in [0.15, 0.2) is 0 Å². The second kappa shape index (κ2) is 8.72. The monoisotopic (exact) mass is 369 g/mol. The molecule has 0 bridgehead atoms. The van der Waals surface area contributed by atoms with E-state index < -0.39 is 0 Å². The molecule has 3 aromatic rings. The first-order valence-electron chi connectivity index (χ1n) is 8.78. The highest BCUT2D eigenvalue weighted by molar-refractivity contribution is 7.21. The maximum absolute atomic E-state index is 12.6. The Morgan fingerprint density at radius 3 is 2.54 bits per heavy atom. The van der Waals surface area contributed by atoms with Gasteiger partial charge in [0.25, 0.3) is 5.91 Å². The maximum atomic E-state index is 12.6. The van der Waals surface area contributed by atoms with Gasteiger partial charge in [-0.15, -0.1) is 11.3 Å². The molecule has 0 spiro atoms. The fourth-order valence-corrected chi connectivity index (χ4v) is 4.03. The van der Waals surface area contributed by atoms with Gasteiger partial charge in [-0.2, -0.15) is 0 Å². The van der Waals surface area contributed by atoms with Crippen LogP contribution in [-0.2, 0) is 6.42 Å². The smallest absolute Gasteiger partial charge is 0.261 e. The third-order valence-corrected chi connectivity index (χ3v) is 5.33. The fourth-order valence-electron chi connectivity index (χ4n) is 2.87. The molecule has 1 heterocycles. The zero-order chi connectivity index (χ0) is 18.4. The molecule has 26 heavy (non-hydrogen) atoms. The van der Waals surface area contributed by atoms with Gasteiger partial charge in [-0.3, -0.25) is 4.79 Å². The molecule has 1 amide bonds. The molecular formula is C21H23NO3S. The molecule has 5 heteroatoms. The highest BCUT2D eigenvalue weighted by atomic mass is 32.1. The highest BCUT2D eigenvalue weighted by Gasteiger charge is 2.17. The van der Waals surface area contributed by atoms with Crippen LogP contribution in [0.3, 0.4) is 0 Å². The lowest BCUT2D eigenvalue weighted by Crippen LogP contribution is -2.28. The lowest BCUT2D eigenvalue weighted by atomic mass is 10.1. The molecule has 0 aliphatic rings. The Labute approximate surface area is 157 Å². The third-order valence-electron chi connectivity index (χ3n) is 4.12. The Bertz CT molecular complexity index is 871. The van der Waals surface area contributed by atoms with E-state index in [9.17, 15) is 4.79 Å². The number of rotatable bonds is 8. The molecule has 3 rings (SSSR count). The molecule has 0 unspecified atom stereocenters. The van der Waals surface area contributed by atoms with E-state index in [0.29, 0.717) is 13.2 Å². The van der Waals surface area contributed by atoms with E-state index in [2.05, 4.69) is 24.4 Å². The second-order valence-electron chi connectivity index (χ2n) is 5.94. The van der Waals surface area contributed by atoms with Crippen molar-refractivity contribution in [1.82, 2.24) is 5.32 Å². The fraction of sp³-hybridized carbons (Fsp3) is 0.286. The van der Waals surface area contributed by atoms with Crippen molar-refractivity contribution < 1.29 is 14.3 Å². The van der Waals surface area contributed by atoms with Gasteiger partial charge in [-0.1, -0.05) is 31.5 Å². The number of methoxy groups -OCH3 is 1. The van der Waals surface area contributed by atoms with Crippen molar-refractivity contribution in [2.75, 3.05) is 20.3 Å². The first kappa shape index (κ1) is 18.3. The topological polar surface area (TPSA) is 47.6 Å². The number of benzene rings is 2. The molecule has 1 N–H and O–H groups in total. The molecule has 4 nitrogen and oxygen atoms in total. The van der Waals surface area contributed by atoms with Crippen LogP contribution in [0.15, 0.2) is 48.5 Å². The van der Waals surface area contributed by atoms with Crippen molar-refractivity contribution in [3.63, 3.8) is 0 Å². The van der Waals surface area contributed by atoms with E-state index in [-0.39, 0.29) is 5.91 Å². The Morgan fingerprint density at radius 1 is 1.08 bits per heavy atom. The van der Waals surface area contributed by atoms with Gasteiger partial charge in [0, 0.05) is 4.70 Å². The lowest BCUT2D eigenvalue weighted by molar-refractivity contribution is 0.0950. The summed E-state index contributed by atoms with van der Waals surface area (Å²) in [5.74, 6) is 1.53. The van der Waals surface area contributed by atoms with Crippen LogP contribution < -0.4 is 14.8 Å². The Balaban J connectivity index is 1.59. The number of carbonyl (C=O) groups is 1. The molecule has 0 saturated carbocycles. The molecule has 0 fully saturated rings. The van der Waals surface area contributed by atoms with Crippen molar-refractivity contribution >= 4 is 27.3 Å². The standard InChI is InChI=1S/C21H23NO3S/c1-3-6-18-17-7-4-5-8-19(17)26-20(18)21(23)22-13-14-25-16-11-9-15(24-2)10-12-16/h4-5,7-12H,3,6,13-14H2,1-2H3,(H,22,23). The summed E-state index contributed by atoms with van der Waals surface area (Å²) in [5.41, 5.74) is 1.15. The number of ether oxygens (including phenoxy) is 2. The molecule has 0 radical (unpaired) electrons. The van der Waals surface area contributed by atoms with Crippen molar-refractivity contribution in [2.45, 2.75) is 19.8 Å². The summed E-state index contributed by atoms with van der Waals surface area (Å²) in [4.78, 5) is 13.4. The molecule has 136 valence electrons. The molecule has 0 saturated heterocycles. The summed E-state index contributed by atoms with van der Waals surface area (Å²) in [6.07, 6.45) is 1.93. The van der Waals surface area contributed by atoms with E-state index in [1.54, 1.807) is 18.4 Å². The minimum absolute atomic E-state index is 0.0204. The molecule has 0 aliphatic heterocycles. The van der Waals surface area contributed by atoms with Crippen molar-refractivity contribution in [3.8, 4) is 11.5 Å². The van der Waals surface area contributed by atoms with E-state index in [1.165, 1.54) is 5.39 Å². The number of hydrogen-bond donors (Lipinski definition) is 1. The Hall–Kier alpha value is -2.53. The van der Waals surface area contributed by atoms with Gasteiger partial charge in [-0.25, -0.2) is 0 Å². The largest absolute Gasteiger partial charge is 0.497 e. The maximum Gasteiger partial charge on any atom is 0.261 e. The zero-order valence-corrected chi connectivity index (χ0v) is 15.9. The first-order chi connectivity index (χ1) is 12.7. The van der Waals surface area contributed by atoms with E-state index in [0.717, 1.165) is 39.5 Å².